The number of ether oxygens (including phenoxy) is 1. The first-order valence-corrected chi connectivity index (χ1v) is 12.3. The number of carbonyl (C=O) groups excluding carboxylic acids is 2. The number of pyridine rings is 1. The second-order valence-corrected chi connectivity index (χ2v) is 10.1. The zero-order chi connectivity index (χ0) is 24.6. The molecule has 5 rings (SSSR count). The third kappa shape index (κ3) is 4.50. The van der Waals surface area contributed by atoms with Crippen molar-refractivity contribution in [2.75, 3.05) is 44.2 Å². The molecule has 9 heteroatoms. The maximum Gasteiger partial charge on any atom is 0.312 e. The van der Waals surface area contributed by atoms with Crippen molar-refractivity contribution >= 4 is 17.6 Å². The summed E-state index contributed by atoms with van der Waals surface area (Å²) in [6.45, 7) is 7.53. The van der Waals surface area contributed by atoms with Gasteiger partial charge in [0.2, 0.25) is 0 Å². The minimum absolute atomic E-state index is 0.362. The van der Waals surface area contributed by atoms with E-state index < -0.39 is 17.4 Å². The monoisotopic (exact) mass is 477 g/mol. The number of nitriles is 1. The van der Waals surface area contributed by atoms with Crippen LogP contribution in [0.3, 0.4) is 0 Å². The third-order valence-corrected chi connectivity index (χ3v) is 7.16. The molecule has 5 heterocycles. The summed E-state index contributed by atoms with van der Waals surface area (Å²) < 4.78 is 11.7. The number of piperidine rings is 1. The maximum absolute atomic E-state index is 12.9. The highest BCUT2D eigenvalue weighted by Crippen LogP contribution is 2.39. The van der Waals surface area contributed by atoms with Gasteiger partial charge in [-0.2, -0.15) is 5.26 Å². The van der Waals surface area contributed by atoms with Crippen LogP contribution in [0.5, 0.6) is 0 Å². The Morgan fingerprint density at radius 3 is 2.31 bits per heavy atom. The molecule has 2 aromatic rings. The van der Waals surface area contributed by atoms with Gasteiger partial charge in [0.25, 0.3) is 0 Å². The predicted molar refractivity (Wildman–Crippen MR) is 128 cm³/mol. The molecule has 184 valence electrons. The number of anilines is 1. The van der Waals surface area contributed by atoms with Crippen LogP contribution in [-0.4, -0.2) is 71.5 Å². The summed E-state index contributed by atoms with van der Waals surface area (Å²) in [4.78, 5) is 35.8. The molecule has 0 spiro atoms. The number of fused-ring (bicyclic) bond motifs is 1. The lowest BCUT2D eigenvalue weighted by Gasteiger charge is -2.38. The molecule has 0 bridgehead atoms. The van der Waals surface area contributed by atoms with Crippen LogP contribution in [0.15, 0.2) is 22.8 Å². The molecule has 0 atom stereocenters. The summed E-state index contributed by atoms with van der Waals surface area (Å²) >= 11 is 0. The van der Waals surface area contributed by atoms with Crippen LogP contribution in [0.25, 0.3) is 11.5 Å². The summed E-state index contributed by atoms with van der Waals surface area (Å²) in [5.41, 5.74) is 2.68. The molecule has 3 aliphatic rings. The van der Waals surface area contributed by atoms with Crippen molar-refractivity contribution in [3.8, 4) is 17.5 Å². The summed E-state index contributed by atoms with van der Waals surface area (Å²) in [5, 5.41) is 10.2. The first kappa shape index (κ1) is 23.4. The number of furan rings is 1. The summed E-state index contributed by atoms with van der Waals surface area (Å²) in [6.07, 6.45) is 5.21. The number of amides is 2. The van der Waals surface area contributed by atoms with Crippen molar-refractivity contribution in [3.63, 3.8) is 0 Å². The van der Waals surface area contributed by atoms with Crippen molar-refractivity contribution in [2.24, 2.45) is 0 Å². The molecule has 0 N–H and O–H groups in total. The second kappa shape index (κ2) is 9.34. The Morgan fingerprint density at radius 2 is 1.69 bits per heavy atom. The molecule has 2 aromatic heterocycles. The largest absolute Gasteiger partial charge is 0.463 e. The molecule has 0 radical (unpaired) electrons. The molecular weight excluding hydrogens is 446 g/mol. The fourth-order valence-electron chi connectivity index (χ4n) is 5.21. The van der Waals surface area contributed by atoms with Crippen LogP contribution in [0, 0.1) is 11.3 Å². The van der Waals surface area contributed by atoms with Gasteiger partial charge in [-0.1, -0.05) is 0 Å². The highest BCUT2D eigenvalue weighted by Gasteiger charge is 2.35. The van der Waals surface area contributed by atoms with E-state index in [1.165, 1.54) is 0 Å². The standard InChI is InChI=1S/C26H31N5O4/c1-26(2)15-18-19(16-27)23(28-22(20(18)17-35-26)21-7-6-14-34-21)29-10-12-31(13-11-29)25(33)24(32)30-8-4-3-5-9-30/h6-7,14H,3-5,8-13,15,17H2,1-2H3. The van der Waals surface area contributed by atoms with Gasteiger partial charge in [0.15, 0.2) is 5.76 Å². The van der Waals surface area contributed by atoms with Gasteiger partial charge < -0.3 is 23.9 Å². The normalized spacial score (nSPS) is 19.7. The summed E-state index contributed by atoms with van der Waals surface area (Å²) in [5.74, 6) is 0.409. The van der Waals surface area contributed by atoms with Crippen molar-refractivity contribution in [2.45, 2.75) is 51.7 Å². The Hall–Kier alpha value is -3.38. The van der Waals surface area contributed by atoms with E-state index in [0.29, 0.717) is 75.1 Å². The first-order valence-electron chi connectivity index (χ1n) is 12.3. The van der Waals surface area contributed by atoms with E-state index in [1.807, 2.05) is 30.9 Å². The number of aromatic nitrogens is 1. The van der Waals surface area contributed by atoms with Crippen molar-refractivity contribution < 1.29 is 18.7 Å². The number of nitrogens with zero attached hydrogens (tertiary/aromatic N) is 5. The Labute approximate surface area is 205 Å². The van der Waals surface area contributed by atoms with Gasteiger partial charge in [-0.3, -0.25) is 9.59 Å². The van der Waals surface area contributed by atoms with Gasteiger partial charge in [0.05, 0.1) is 24.0 Å². The SMILES string of the molecule is CC1(C)Cc2c(C#N)c(N3CCN(C(=O)C(=O)N4CCCCC4)CC3)nc(-c3ccco3)c2CO1. The van der Waals surface area contributed by atoms with Crippen LogP contribution in [0.2, 0.25) is 0 Å². The van der Waals surface area contributed by atoms with Gasteiger partial charge in [-0.15, -0.1) is 0 Å². The minimum atomic E-state index is -0.430. The Balaban J connectivity index is 1.40. The Bertz CT molecular complexity index is 1150. The number of piperazine rings is 1. The number of rotatable bonds is 2. The molecule has 0 aliphatic carbocycles. The average molecular weight is 478 g/mol. The van der Waals surface area contributed by atoms with Crippen molar-refractivity contribution in [1.29, 1.82) is 5.26 Å². The summed E-state index contributed by atoms with van der Waals surface area (Å²) in [7, 11) is 0. The molecule has 0 saturated carbocycles. The van der Waals surface area contributed by atoms with Gasteiger partial charge in [-0.25, -0.2) is 4.98 Å². The fourth-order valence-corrected chi connectivity index (χ4v) is 5.21. The van der Waals surface area contributed by atoms with Gasteiger partial charge in [0, 0.05) is 51.3 Å². The van der Waals surface area contributed by atoms with Gasteiger partial charge in [-0.05, 0) is 50.8 Å². The number of carbonyl (C=O) groups is 2. The quantitative estimate of drug-likeness (QED) is 0.613. The second-order valence-electron chi connectivity index (χ2n) is 10.1. The molecule has 2 amide bonds. The molecule has 0 aromatic carbocycles. The van der Waals surface area contributed by atoms with E-state index >= 15 is 0 Å². The zero-order valence-electron chi connectivity index (χ0n) is 20.4. The topological polar surface area (TPSA) is 103 Å². The van der Waals surface area contributed by atoms with E-state index in [2.05, 4.69) is 6.07 Å². The van der Waals surface area contributed by atoms with E-state index in [0.717, 1.165) is 30.4 Å². The number of hydrogen-bond acceptors (Lipinski definition) is 7. The molecule has 0 unspecified atom stereocenters. The average Bonchev–Trinajstić information content (AvgIpc) is 3.42. The lowest BCUT2D eigenvalue weighted by molar-refractivity contribution is -0.152. The molecule has 35 heavy (non-hydrogen) atoms. The molecule has 3 aliphatic heterocycles. The lowest BCUT2D eigenvalue weighted by atomic mass is 9.87. The van der Waals surface area contributed by atoms with Crippen LogP contribution in [0.1, 0.15) is 49.8 Å². The zero-order valence-corrected chi connectivity index (χ0v) is 20.4. The van der Waals surface area contributed by atoms with Crippen LogP contribution in [0.4, 0.5) is 5.82 Å². The highest BCUT2D eigenvalue weighted by atomic mass is 16.5. The van der Waals surface area contributed by atoms with Crippen LogP contribution >= 0.6 is 0 Å². The van der Waals surface area contributed by atoms with Crippen LogP contribution < -0.4 is 4.90 Å². The minimum Gasteiger partial charge on any atom is -0.463 e. The Morgan fingerprint density at radius 1 is 1.00 bits per heavy atom. The van der Waals surface area contributed by atoms with E-state index in [4.69, 9.17) is 14.1 Å². The van der Waals surface area contributed by atoms with Crippen LogP contribution in [-0.2, 0) is 27.4 Å². The van der Waals surface area contributed by atoms with Gasteiger partial charge in [0.1, 0.15) is 17.6 Å². The van der Waals surface area contributed by atoms with E-state index in [-0.39, 0.29) is 0 Å². The smallest absolute Gasteiger partial charge is 0.312 e. The summed E-state index contributed by atoms with van der Waals surface area (Å²) in [6, 6.07) is 6.08. The number of likely N-dealkylation sites (tertiary alicyclic amines) is 1. The van der Waals surface area contributed by atoms with E-state index in [9.17, 15) is 14.9 Å². The third-order valence-electron chi connectivity index (χ3n) is 7.16. The van der Waals surface area contributed by atoms with Crippen molar-refractivity contribution in [1.82, 2.24) is 14.8 Å². The molecular formula is C26H31N5O4. The van der Waals surface area contributed by atoms with E-state index in [1.54, 1.807) is 16.1 Å². The van der Waals surface area contributed by atoms with Gasteiger partial charge >= 0.3 is 11.8 Å². The fraction of sp³-hybridized carbons (Fsp3) is 0.538. The molecule has 2 saturated heterocycles. The number of hydrogen-bond donors (Lipinski definition) is 0. The van der Waals surface area contributed by atoms with Crippen molar-refractivity contribution in [3.05, 3.63) is 35.1 Å². The predicted octanol–water partition coefficient (Wildman–Crippen LogP) is 2.73. The maximum atomic E-state index is 12.9. The first-order chi connectivity index (χ1) is 16.9. The highest BCUT2D eigenvalue weighted by molar-refractivity contribution is 6.34. The Kier molecular flexibility index (Phi) is 6.24. The molecule has 9 nitrogen and oxygen atoms in total. The lowest BCUT2D eigenvalue weighted by Crippen LogP contribution is -2.54. The molecule has 2 fully saturated rings.